The van der Waals surface area contributed by atoms with Crippen molar-refractivity contribution in [1.29, 1.82) is 0 Å². The fourth-order valence-corrected chi connectivity index (χ4v) is 4.52. The first-order valence-corrected chi connectivity index (χ1v) is 10.9. The molecule has 1 atom stereocenters. The van der Waals surface area contributed by atoms with Gasteiger partial charge in [0, 0.05) is 30.7 Å². The molecule has 29 heavy (non-hydrogen) atoms. The summed E-state index contributed by atoms with van der Waals surface area (Å²) in [5, 5.41) is 0.491. The molecule has 10 heteroatoms. The molecule has 0 radical (unpaired) electrons. The van der Waals surface area contributed by atoms with Gasteiger partial charge in [-0.3, -0.25) is 4.90 Å². The van der Waals surface area contributed by atoms with Crippen molar-refractivity contribution in [2.45, 2.75) is 10.9 Å². The highest BCUT2D eigenvalue weighted by Crippen LogP contribution is 2.35. The van der Waals surface area contributed by atoms with Crippen molar-refractivity contribution in [2.24, 2.45) is 0 Å². The Morgan fingerprint density at radius 3 is 2.45 bits per heavy atom. The van der Waals surface area contributed by atoms with Crippen LogP contribution in [0.3, 0.4) is 0 Å². The topological polar surface area (TPSA) is 77.1 Å². The molecule has 1 N–H and O–H groups in total. The molecule has 0 bridgehead atoms. The van der Waals surface area contributed by atoms with Crippen LogP contribution in [0, 0.1) is 0 Å². The van der Waals surface area contributed by atoms with Gasteiger partial charge >= 0.3 is 0 Å². The number of morpholine rings is 1. The van der Waals surface area contributed by atoms with Gasteiger partial charge in [0.05, 0.1) is 18.1 Å². The third-order valence-corrected chi connectivity index (χ3v) is 6.55. The average Bonchev–Trinajstić information content (AvgIpc) is 3.17. The second-order valence-corrected chi connectivity index (χ2v) is 8.79. The van der Waals surface area contributed by atoms with Gasteiger partial charge in [0.1, 0.15) is 0 Å². The van der Waals surface area contributed by atoms with Gasteiger partial charge in [0.15, 0.2) is 11.5 Å². The molecular weight excluding hydrogens is 439 g/mol. The number of benzene rings is 2. The van der Waals surface area contributed by atoms with Crippen molar-refractivity contribution in [1.82, 2.24) is 9.62 Å². The molecule has 0 saturated carbocycles. The molecule has 0 aromatic heterocycles. The maximum Gasteiger partial charge on any atom is 0.240 e. The van der Waals surface area contributed by atoms with E-state index >= 15 is 0 Å². The lowest BCUT2D eigenvalue weighted by molar-refractivity contribution is 0.0171. The molecule has 2 aliphatic heterocycles. The Kier molecular flexibility index (Phi) is 7.26. The van der Waals surface area contributed by atoms with Crippen LogP contribution in [0.15, 0.2) is 47.4 Å². The van der Waals surface area contributed by atoms with Crippen LogP contribution in [-0.4, -0.2) is 53.0 Å². The molecule has 2 heterocycles. The van der Waals surface area contributed by atoms with Gasteiger partial charge in [0.2, 0.25) is 16.8 Å². The number of ether oxygens (including phenoxy) is 3. The van der Waals surface area contributed by atoms with E-state index in [1.807, 2.05) is 18.2 Å². The summed E-state index contributed by atoms with van der Waals surface area (Å²) >= 11 is 5.86. The predicted octanol–water partition coefficient (Wildman–Crippen LogP) is 2.84. The molecule has 4 rings (SSSR count). The van der Waals surface area contributed by atoms with E-state index in [1.54, 1.807) is 12.1 Å². The highest BCUT2D eigenvalue weighted by Gasteiger charge is 2.27. The van der Waals surface area contributed by atoms with Gasteiger partial charge in [-0.1, -0.05) is 17.7 Å². The second-order valence-electron chi connectivity index (χ2n) is 6.58. The average molecular weight is 461 g/mol. The third kappa shape index (κ3) is 5.14. The lowest BCUT2D eigenvalue weighted by Gasteiger charge is -2.35. The molecule has 1 saturated heterocycles. The molecule has 0 amide bonds. The quantitative estimate of drug-likeness (QED) is 0.713. The van der Waals surface area contributed by atoms with Crippen LogP contribution in [0.4, 0.5) is 0 Å². The van der Waals surface area contributed by atoms with Crippen LogP contribution < -0.4 is 14.2 Å². The van der Waals surface area contributed by atoms with Gasteiger partial charge in [-0.05, 0) is 42.0 Å². The summed E-state index contributed by atoms with van der Waals surface area (Å²) in [6.45, 7) is 3.11. The summed E-state index contributed by atoms with van der Waals surface area (Å²) in [7, 11) is -3.65. The van der Waals surface area contributed by atoms with Crippen LogP contribution in [0.5, 0.6) is 11.5 Å². The molecule has 0 aliphatic carbocycles. The Morgan fingerprint density at radius 1 is 1.03 bits per heavy atom. The van der Waals surface area contributed by atoms with Gasteiger partial charge in [0.25, 0.3) is 0 Å². The zero-order chi connectivity index (χ0) is 19.6. The van der Waals surface area contributed by atoms with Crippen LogP contribution in [0.25, 0.3) is 0 Å². The number of hydrogen-bond donors (Lipinski definition) is 1. The molecular formula is C19H22Cl2N2O5S. The van der Waals surface area contributed by atoms with Crippen molar-refractivity contribution in [2.75, 3.05) is 39.6 Å². The SMILES string of the molecule is Cl.O=S(=O)(NCC(c1ccc2c(c1)OCO2)N1CCOCC1)c1ccc(Cl)cc1. The van der Waals surface area contributed by atoms with Crippen LogP contribution in [0.1, 0.15) is 11.6 Å². The number of nitrogens with zero attached hydrogens (tertiary/aromatic N) is 1. The minimum Gasteiger partial charge on any atom is -0.454 e. The van der Waals surface area contributed by atoms with Crippen LogP contribution >= 0.6 is 24.0 Å². The first-order chi connectivity index (χ1) is 13.5. The monoisotopic (exact) mass is 460 g/mol. The van der Waals surface area contributed by atoms with Crippen molar-refractivity contribution in [3.63, 3.8) is 0 Å². The second kappa shape index (κ2) is 9.51. The van der Waals surface area contributed by atoms with Gasteiger partial charge < -0.3 is 14.2 Å². The van der Waals surface area contributed by atoms with Gasteiger partial charge in [-0.2, -0.15) is 0 Å². The van der Waals surface area contributed by atoms with Crippen molar-refractivity contribution in [3.8, 4) is 11.5 Å². The Labute approximate surface area is 181 Å². The van der Waals surface area contributed by atoms with E-state index in [9.17, 15) is 8.42 Å². The minimum absolute atomic E-state index is 0. The predicted molar refractivity (Wildman–Crippen MR) is 112 cm³/mol. The Morgan fingerprint density at radius 2 is 1.72 bits per heavy atom. The van der Waals surface area contributed by atoms with Crippen molar-refractivity contribution in [3.05, 3.63) is 53.1 Å². The van der Waals surface area contributed by atoms with E-state index < -0.39 is 10.0 Å². The Hall–Kier alpha value is -1.55. The normalized spacial score (nSPS) is 17.6. The zero-order valence-electron chi connectivity index (χ0n) is 15.5. The first kappa shape index (κ1) is 22.1. The van der Waals surface area contributed by atoms with Crippen LogP contribution in [-0.2, 0) is 14.8 Å². The summed E-state index contributed by atoms with van der Waals surface area (Å²) in [4.78, 5) is 2.40. The largest absolute Gasteiger partial charge is 0.454 e. The summed E-state index contributed by atoms with van der Waals surface area (Å²) < 4.78 is 44.5. The smallest absolute Gasteiger partial charge is 0.240 e. The van der Waals surface area contributed by atoms with Crippen LogP contribution in [0.2, 0.25) is 5.02 Å². The number of fused-ring (bicyclic) bond motifs is 1. The van der Waals surface area contributed by atoms with E-state index in [4.69, 9.17) is 25.8 Å². The summed E-state index contributed by atoms with van der Waals surface area (Å²) in [6, 6.07) is 11.7. The standard InChI is InChI=1S/C19H21ClN2O5S.ClH/c20-15-2-4-16(5-3-15)28(23,24)21-12-17(22-7-9-25-10-8-22)14-1-6-18-19(11-14)27-13-26-18;/h1-6,11,17,21H,7-10,12-13H2;1H. The Balaban J connectivity index is 0.00000240. The molecule has 2 aliphatic rings. The molecule has 2 aromatic carbocycles. The Bertz CT molecular complexity index is 934. The lowest BCUT2D eigenvalue weighted by Crippen LogP contribution is -2.43. The molecule has 7 nitrogen and oxygen atoms in total. The van der Waals surface area contributed by atoms with E-state index in [-0.39, 0.29) is 36.7 Å². The van der Waals surface area contributed by atoms with E-state index in [0.29, 0.717) is 29.7 Å². The fourth-order valence-electron chi connectivity index (χ4n) is 3.35. The summed E-state index contributed by atoms with van der Waals surface area (Å²) in [5.74, 6) is 1.38. The highest BCUT2D eigenvalue weighted by atomic mass is 35.5. The molecule has 1 unspecified atom stereocenters. The maximum absolute atomic E-state index is 12.7. The zero-order valence-corrected chi connectivity index (χ0v) is 17.9. The summed E-state index contributed by atoms with van der Waals surface area (Å²) in [5.41, 5.74) is 0.963. The number of halogens is 2. The minimum atomic E-state index is -3.65. The van der Waals surface area contributed by atoms with Crippen molar-refractivity contribution < 1.29 is 22.6 Å². The molecule has 1 fully saturated rings. The summed E-state index contributed by atoms with van der Waals surface area (Å²) in [6.07, 6.45) is 0. The first-order valence-electron chi connectivity index (χ1n) is 8.99. The fraction of sp³-hybridized carbons (Fsp3) is 0.368. The maximum atomic E-state index is 12.7. The number of hydrogen-bond acceptors (Lipinski definition) is 6. The molecule has 0 spiro atoms. The van der Waals surface area contributed by atoms with Gasteiger partial charge in [-0.25, -0.2) is 13.1 Å². The molecule has 2 aromatic rings. The number of nitrogens with one attached hydrogen (secondary N) is 1. The van der Waals surface area contributed by atoms with Crippen molar-refractivity contribution >= 4 is 34.0 Å². The van der Waals surface area contributed by atoms with E-state index in [1.165, 1.54) is 12.1 Å². The number of sulfonamides is 1. The van der Waals surface area contributed by atoms with E-state index in [2.05, 4.69) is 9.62 Å². The third-order valence-electron chi connectivity index (χ3n) is 4.86. The van der Waals surface area contributed by atoms with Gasteiger partial charge in [-0.15, -0.1) is 12.4 Å². The highest BCUT2D eigenvalue weighted by molar-refractivity contribution is 7.89. The lowest BCUT2D eigenvalue weighted by atomic mass is 10.0. The van der Waals surface area contributed by atoms with E-state index in [0.717, 1.165) is 18.7 Å². The number of rotatable bonds is 6. The molecule has 158 valence electrons.